The van der Waals surface area contributed by atoms with E-state index in [1.165, 1.54) is 11.8 Å². The van der Waals surface area contributed by atoms with Gasteiger partial charge in [-0.05, 0) is 31.4 Å². The third-order valence-corrected chi connectivity index (χ3v) is 4.89. The molecule has 7 heteroatoms. The Labute approximate surface area is 139 Å². The van der Waals surface area contributed by atoms with Crippen molar-refractivity contribution >= 4 is 53.3 Å². The number of benzene rings is 1. The molecule has 0 radical (unpaired) electrons. The SMILES string of the molecule is CSc1cc(C(=O)N(C)C2CCNC2)c(Cl)cc1Cl.Cl. The highest BCUT2D eigenvalue weighted by Gasteiger charge is 2.25. The Morgan fingerprint density at radius 2 is 2.10 bits per heavy atom. The number of nitrogens with one attached hydrogen (secondary N) is 1. The van der Waals surface area contributed by atoms with Gasteiger partial charge in [-0.15, -0.1) is 24.2 Å². The van der Waals surface area contributed by atoms with E-state index in [9.17, 15) is 4.79 Å². The van der Waals surface area contributed by atoms with Crippen molar-refractivity contribution < 1.29 is 4.79 Å². The van der Waals surface area contributed by atoms with E-state index in [1.54, 1.807) is 17.0 Å². The second kappa shape index (κ2) is 7.76. The highest BCUT2D eigenvalue weighted by Crippen LogP contribution is 2.32. The topological polar surface area (TPSA) is 32.3 Å². The maximum absolute atomic E-state index is 12.5. The van der Waals surface area contributed by atoms with Gasteiger partial charge in [0.1, 0.15) is 0 Å². The van der Waals surface area contributed by atoms with E-state index in [2.05, 4.69) is 5.32 Å². The first kappa shape index (κ1) is 17.9. The van der Waals surface area contributed by atoms with Crippen LogP contribution >= 0.6 is 47.4 Å². The van der Waals surface area contributed by atoms with Crippen LogP contribution in [0.2, 0.25) is 10.0 Å². The Bertz CT molecular complexity index is 493. The van der Waals surface area contributed by atoms with E-state index in [1.807, 2.05) is 13.3 Å². The first-order valence-corrected chi connectivity index (χ1v) is 8.03. The molecule has 112 valence electrons. The summed E-state index contributed by atoms with van der Waals surface area (Å²) in [6, 6.07) is 3.65. The van der Waals surface area contributed by atoms with Gasteiger partial charge in [-0.2, -0.15) is 0 Å². The summed E-state index contributed by atoms with van der Waals surface area (Å²) in [5.41, 5.74) is 0.518. The number of carbonyl (C=O) groups excluding carboxylic acids is 1. The third kappa shape index (κ3) is 3.74. The largest absolute Gasteiger partial charge is 0.337 e. The van der Waals surface area contributed by atoms with Crippen molar-refractivity contribution in [1.82, 2.24) is 10.2 Å². The third-order valence-electron chi connectivity index (χ3n) is 3.37. The summed E-state index contributed by atoms with van der Waals surface area (Å²) >= 11 is 13.7. The molecule has 1 saturated heterocycles. The highest BCUT2D eigenvalue weighted by atomic mass is 35.5. The normalized spacial score (nSPS) is 17.7. The van der Waals surface area contributed by atoms with Gasteiger partial charge < -0.3 is 10.2 Å². The minimum absolute atomic E-state index is 0. The number of amides is 1. The number of hydrogen-bond donors (Lipinski definition) is 1. The predicted molar refractivity (Wildman–Crippen MR) is 88.9 cm³/mol. The van der Waals surface area contributed by atoms with Gasteiger partial charge >= 0.3 is 0 Å². The molecule has 1 amide bonds. The maximum atomic E-state index is 12.5. The van der Waals surface area contributed by atoms with Crippen LogP contribution in [0, 0.1) is 0 Å². The smallest absolute Gasteiger partial charge is 0.255 e. The quantitative estimate of drug-likeness (QED) is 0.841. The average Bonchev–Trinajstić information content (AvgIpc) is 2.91. The van der Waals surface area contributed by atoms with E-state index < -0.39 is 0 Å². The summed E-state index contributed by atoms with van der Waals surface area (Å²) in [6.07, 6.45) is 2.90. The van der Waals surface area contributed by atoms with E-state index in [4.69, 9.17) is 23.2 Å². The van der Waals surface area contributed by atoms with Gasteiger partial charge in [-0.25, -0.2) is 0 Å². The molecule has 1 aromatic carbocycles. The molecule has 1 fully saturated rings. The monoisotopic (exact) mass is 354 g/mol. The van der Waals surface area contributed by atoms with Gasteiger partial charge in [-0.1, -0.05) is 23.2 Å². The molecule has 1 atom stereocenters. The molecule has 1 N–H and O–H groups in total. The van der Waals surface area contributed by atoms with Crippen LogP contribution in [0.1, 0.15) is 16.8 Å². The van der Waals surface area contributed by atoms with Crippen molar-refractivity contribution in [3.05, 3.63) is 27.7 Å². The van der Waals surface area contributed by atoms with Crippen LogP contribution in [0.5, 0.6) is 0 Å². The van der Waals surface area contributed by atoms with Gasteiger partial charge in [0.25, 0.3) is 5.91 Å². The fraction of sp³-hybridized carbons (Fsp3) is 0.462. The molecule has 1 aliphatic rings. The molecule has 1 unspecified atom stereocenters. The van der Waals surface area contributed by atoms with Gasteiger partial charge in [-0.3, -0.25) is 4.79 Å². The molecular formula is C13H17Cl3N2OS. The molecule has 20 heavy (non-hydrogen) atoms. The van der Waals surface area contributed by atoms with Gasteiger partial charge in [0.15, 0.2) is 0 Å². The molecule has 1 heterocycles. The first-order chi connectivity index (χ1) is 9.04. The van der Waals surface area contributed by atoms with Crippen LogP contribution in [0.4, 0.5) is 0 Å². The Kier molecular flexibility index (Phi) is 6.95. The number of nitrogens with zero attached hydrogens (tertiary/aromatic N) is 1. The molecule has 0 aromatic heterocycles. The molecule has 0 bridgehead atoms. The minimum atomic E-state index is -0.0503. The molecule has 1 aliphatic heterocycles. The highest BCUT2D eigenvalue weighted by molar-refractivity contribution is 7.98. The predicted octanol–water partition coefficient (Wildman–Crippen LogP) is 3.57. The summed E-state index contributed by atoms with van der Waals surface area (Å²) in [7, 11) is 1.82. The van der Waals surface area contributed by atoms with Crippen LogP contribution in [-0.2, 0) is 0 Å². The van der Waals surface area contributed by atoms with E-state index >= 15 is 0 Å². The summed E-state index contributed by atoms with van der Waals surface area (Å²) in [5.74, 6) is -0.0503. The lowest BCUT2D eigenvalue weighted by Gasteiger charge is -2.24. The second-order valence-corrected chi connectivity index (χ2v) is 6.19. The molecule has 0 saturated carbocycles. The summed E-state index contributed by atoms with van der Waals surface area (Å²) in [4.78, 5) is 15.1. The van der Waals surface area contributed by atoms with Crippen molar-refractivity contribution in [1.29, 1.82) is 0 Å². The zero-order valence-corrected chi connectivity index (χ0v) is 14.4. The minimum Gasteiger partial charge on any atom is -0.337 e. The fourth-order valence-electron chi connectivity index (χ4n) is 2.18. The first-order valence-electron chi connectivity index (χ1n) is 6.05. The molecule has 0 aliphatic carbocycles. The van der Waals surface area contributed by atoms with Crippen LogP contribution in [-0.4, -0.2) is 43.2 Å². The lowest BCUT2D eigenvalue weighted by Crippen LogP contribution is -2.38. The second-order valence-electron chi connectivity index (χ2n) is 4.53. The van der Waals surface area contributed by atoms with Crippen LogP contribution in [0.15, 0.2) is 17.0 Å². The van der Waals surface area contributed by atoms with Crippen molar-refractivity contribution in [2.24, 2.45) is 0 Å². The number of hydrogen-bond acceptors (Lipinski definition) is 3. The van der Waals surface area contributed by atoms with Crippen LogP contribution in [0.3, 0.4) is 0 Å². The zero-order valence-electron chi connectivity index (χ0n) is 11.3. The summed E-state index contributed by atoms with van der Waals surface area (Å²) < 4.78 is 0. The molecule has 3 nitrogen and oxygen atoms in total. The molecule has 2 rings (SSSR count). The van der Waals surface area contributed by atoms with Gasteiger partial charge in [0.05, 0.1) is 15.6 Å². The summed E-state index contributed by atoms with van der Waals surface area (Å²) in [6.45, 7) is 1.79. The molecule has 0 spiro atoms. The average molecular weight is 356 g/mol. The van der Waals surface area contributed by atoms with E-state index in [0.29, 0.717) is 15.6 Å². The number of thioether (sulfide) groups is 1. The van der Waals surface area contributed by atoms with E-state index in [-0.39, 0.29) is 24.4 Å². The lowest BCUT2D eigenvalue weighted by atomic mass is 10.1. The molecule has 1 aromatic rings. The van der Waals surface area contributed by atoms with Crippen molar-refractivity contribution in [3.8, 4) is 0 Å². The number of likely N-dealkylation sites (N-methyl/N-ethyl adjacent to an activating group) is 1. The summed E-state index contributed by atoms with van der Waals surface area (Å²) in [5, 5.41) is 4.24. The van der Waals surface area contributed by atoms with Crippen molar-refractivity contribution in [2.45, 2.75) is 17.4 Å². The number of halogens is 3. The number of rotatable bonds is 3. The maximum Gasteiger partial charge on any atom is 0.255 e. The Balaban J connectivity index is 0.00000200. The van der Waals surface area contributed by atoms with Gasteiger partial charge in [0.2, 0.25) is 0 Å². The van der Waals surface area contributed by atoms with Crippen molar-refractivity contribution in [2.75, 3.05) is 26.4 Å². The Morgan fingerprint density at radius 3 is 2.65 bits per heavy atom. The molecular weight excluding hydrogens is 339 g/mol. The zero-order chi connectivity index (χ0) is 14.0. The van der Waals surface area contributed by atoms with Crippen LogP contribution in [0.25, 0.3) is 0 Å². The number of carbonyl (C=O) groups is 1. The van der Waals surface area contributed by atoms with Crippen molar-refractivity contribution in [3.63, 3.8) is 0 Å². The standard InChI is InChI=1S/C13H16Cl2N2OS.ClH/c1-17(8-3-4-16-7-8)13(18)9-5-12(19-2)11(15)6-10(9)14;/h5-6,8,16H,3-4,7H2,1-2H3;1H. The Hall–Kier alpha value is -0.130. The van der Waals surface area contributed by atoms with E-state index in [0.717, 1.165) is 24.4 Å². The van der Waals surface area contributed by atoms with Crippen LogP contribution < -0.4 is 5.32 Å². The lowest BCUT2D eigenvalue weighted by molar-refractivity contribution is 0.0743. The van der Waals surface area contributed by atoms with Gasteiger partial charge in [0, 0.05) is 24.5 Å². The fourth-order valence-corrected chi connectivity index (χ4v) is 3.36. The Morgan fingerprint density at radius 1 is 1.40 bits per heavy atom.